The van der Waals surface area contributed by atoms with Gasteiger partial charge in [0.2, 0.25) is 5.88 Å². The summed E-state index contributed by atoms with van der Waals surface area (Å²) in [5.74, 6) is 0.156. The Balaban J connectivity index is 1.91. The topological polar surface area (TPSA) is 104 Å². The van der Waals surface area contributed by atoms with Gasteiger partial charge in [-0.05, 0) is 56.2 Å². The number of ether oxygens (including phenoxy) is 1. The lowest BCUT2D eigenvalue weighted by Crippen LogP contribution is -2.43. The van der Waals surface area contributed by atoms with E-state index < -0.39 is 11.5 Å². The van der Waals surface area contributed by atoms with E-state index in [2.05, 4.69) is 15.3 Å². The number of H-pyrrole nitrogens is 1. The highest BCUT2D eigenvalue weighted by Crippen LogP contribution is 2.38. The third kappa shape index (κ3) is 3.73. The van der Waals surface area contributed by atoms with Crippen LogP contribution in [0.3, 0.4) is 0 Å². The van der Waals surface area contributed by atoms with E-state index in [0.29, 0.717) is 24.3 Å². The molecule has 0 bridgehead atoms. The first-order valence-corrected chi connectivity index (χ1v) is 9.00. The minimum absolute atomic E-state index is 0.0880. The van der Waals surface area contributed by atoms with Crippen LogP contribution in [0, 0.1) is 26.7 Å². The van der Waals surface area contributed by atoms with Gasteiger partial charge in [0.15, 0.2) is 0 Å². The maximum Gasteiger partial charge on any atom is 0.261 e. The van der Waals surface area contributed by atoms with E-state index in [1.54, 1.807) is 26.3 Å². The van der Waals surface area contributed by atoms with Crippen LogP contribution in [0.5, 0.6) is 5.88 Å². The average Bonchev–Trinajstić information content (AvgIpc) is 2.62. The number of hydrogen-bond donors (Lipinski definition) is 3. The highest BCUT2D eigenvalue weighted by atomic mass is 16.5. The van der Waals surface area contributed by atoms with Crippen molar-refractivity contribution in [1.82, 2.24) is 15.3 Å². The summed E-state index contributed by atoms with van der Waals surface area (Å²) < 4.78 is 5.09. The Kier molecular flexibility index (Phi) is 5.32. The SMILES string of the molecule is COc1ccc(C(NC(=O)c2c(C)c(C)c(C)[nH]c2=O)C2CC(O)C2)cn1. The number of amides is 1. The predicted octanol–water partition coefficient (Wildman–Crippen LogP) is 1.95. The van der Waals surface area contributed by atoms with Crippen molar-refractivity contribution >= 4 is 5.91 Å². The van der Waals surface area contributed by atoms with Crippen LogP contribution in [0.4, 0.5) is 0 Å². The molecule has 1 unspecified atom stereocenters. The van der Waals surface area contributed by atoms with Crippen LogP contribution in [0.15, 0.2) is 23.1 Å². The summed E-state index contributed by atoms with van der Waals surface area (Å²) in [6.07, 6.45) is 2.50. The maximum absolute atomic E-state index is 12.9. The molecule has 0 spiro atoms. The average molecular weight is 371 g/mol. The van der Waals surface area contributed by atoms with Gasteiger partial charge in [-0.3, -0.25) is 9.59 Å². The van der Waals surface area contributed by atoms with E-state index >= 15 is 0 Å². The molecule has 1 aliphatic rings. The fraction of sp³-hybridized carbons (Fsp3) is 0.450. The molecule has 144 valence electrons. The van der Waals surface area contributed by atoms with Crippen LogP contribution in [0.25, 0.3) is 0 Å². The summed E-state index contributed by atoms with van der Waals surface area (Å²) >= 11 is 0. The second-order valence-electron chi connectivity index (χ2n) is 7.17. The Labute approximate surface area is 157 Å². The molecule has 0 aromatic carbocycles. The Morgan fingerprint density at radius 2 is 2.00 bits per heavy atom. The zero-order chi connectivity index (χ0) is 19.7. The smallest absolute Gasteiger partial charge is 0.261 e. The molecule has 1 atom stereocenters. The molecule has 7 nitrogen and oxygen atoms in total. The number of methoxy groups -OCH3 is 1. The fourth-order valence-electron chi connectivity index (χ4n) is 3.52. The Morgan fingerprint density at radius 3 is 2.56 bits per heavy atom. The lowest BCUT2D eigenvalue weighted by atomic mass is 9.75. The summed E-state index contributed by atoms with van der Waals surface area (Å²) in [7, 11) is 1.54. The number of nitrogens with one attached hydrogen (secondary N) is 2. The van der Waals surface area contributed by atoms with Crippen molar-refractivity contribution in [2.24, 2.45) is 5.92 Å². The fourth-order valence-corrected chi connectivity index (χ4v) is 3.52. The molecule has 1 amide bonds. The van der Waals surface area contributed by atoms with E-state index in [1.807, 2.05) is 19.9 Å². The zero-order valence-electron chi connectivity index (χ0n) is 16.0. The van der Waals surface area contributed by atoms with Crippen LogP contribution in [-0.4, -0.2) is 34.2 Å². The van der Waals surface area contributed by atoms with Crippen molar-refractivity contribution in [2.75, 3.05) is 7.11 Å². The minimum atomic E-state index is -0.418. The summed E-state index contributed by atoms with van der Waals surface area (Å²) in [6.45, 7) is 5.47. The van der Waals surface area contributed by atoms with E-state index in [9.17, 15) is 14.7 Å². The van der Waals surface area contributed by atoms with Gasteiger partial charge in [-0.25, -0.2) is 4.98 Å². The first kappa shape index (κ1) is 19.1. The lowest BCUT2D eigenvalue weighted by Gasteiger charge is -2.38. The molecule has 2 heterocycles. The second-order valence-corrected chi connectivity index (χ2v) is 7.17. The van der Waals surface area contributed by atoms with Crippen molar-refractivity contribution in [3.63, 3.8) is 0 Å². The highest BCUT2D eigenvalue weighted by molar-refractivity contribution is 5.95. The van der Waals surface area contributed by atoms with Gasteiger partial charge < -0.3 is 20.1 Å². The van der Waals surface area contributed by atoms with Crippen LogP contribution in [0.2, 0.25) is 0 Å². The quantitative estimate of drug-likeness (QED) is 0.745. The Hall–Kier alpha value is -2.67. The lowest BCUT2D eigenvalue weighted by molar-refractivity contribution is 0.0234. The van der Waals surface area contributed by atoms with E-state index in [1.165, 1.54) is 0 Å². The van der Waals surface area contributed by atoms with Crippen LogP contribution < -0.4 is 15.6 Å². The Bertz CT molecular complexity index is 899. The molecule has 2 aromatic heterocycles. The number of aryl methyl sites for hydroxylation is 1. The van der Waals surface area contributed by atoms with Gasteiger partial charge in [0.25, 0.3) is 11.5 Å². The maximum atomic E-state index is 12.9. The molecule has 3 rings (SSSR count). The van der Waals surface area contributed by atoms with E-state index in [0.717, 1.165) is 16.8 Å². The molecule has 7 heteroatoms. The van der Waals surface area contributed by atoms with Gasteiger partial charge in [-0.15, -0.1) is 0 Å². The molecule has 2 aromatic rings. The van der Waals surface area contributed by atoms with Crippen molar-refractivity contribution in [3.8, 4) is 5.88 Å². The van der Waals surface area contributed by atoms with Gasteiger partial charge in [-0.1, -0.05) is 6.07 Å². The molecule has 1 aliphatic carbocycles. The molecule has 1 saturated carbocycles. The highest BCUT2D eigenvalue weighted by Gasteiger charge is 2.36. The number of carbonyl (C=O) groups excluding carboxylic acids is 1. The molecule has 0 aliphatic heterocycles. The molecular formula is C20H25N3O4. The number of aliphatic hydroxyl groups excluding tert-OH is 1. The van der Waals surface area contributed by atoms with Crippen molar-refractivity contribution < 1.29 is 14.6 Å². The number of pyridine rings is 2. The molecule has 1 fully saturated rings. The number of hydrogen-bond acceptors (Lipinski definition) is 5. The van der Waals surface area contributed by atoms with Crippen molar-refractivity contribution in [3.05, 3.63) is 56.6 Å². The largest absolute Gasteiger partial charge is 0.481 e. The number of carbonyl (C=O) groups is 1. The zero-order valence-corrected chi connectivity index (χ0v) is 16.0. The van der Waals surface area contributed by atoms with Crippen molar-refractivity contribution in [2.45, 2.75) is 45.8 Å². The standard InChI is InChI=1S/C20H25N3O4/c1-10-11(2)17(19(25)22-12(10)3)20(26)23-18(14-7-15(24)8-14)13-5-6-16(27-4)21-9-13/h5-6,9,14-15,18,24H,7-8H2,1-4H3,(H,22,25)(H,23,26). The monoisotopic (exact) mass is 371 g/mol. The third-order valence-corrected chi connectivity index (χ3v) is 5.49. The Morgan fingerprint density at radius 1 is 1.30 bits per heavy atom. The van der Waals surface area contributed by atoms with Crippen molar-refractivity contribution in [1.29, 1.82) is 0 Å². The number of aromatic amines is 1. The van der Waals surface area contributed by atoms with E-state index in [-0.39, 0.29) is 23.6 Å². The second kappa shape index (κ2) is 7.52. The van der Waals surface area contributed by atoms with Crippen LogP contribution in [0.1, 0.15) is 51.6 Å². The van der Waals surface area contributed by atoms with Gasteiger partial charge in [0.1, 0.15) is 5.56 Å². The predicted molar refractivity (Wildman–Crippen MR) is 101 cm³/mol. The molecule has 0 radical (unpaired) electrons. The normalized spacial score (nSPS) is 19.9. The van der Waals surface area contributed by atoms with E-state index in [4.69, 9.17) is 4.74 Å². The van der Waals surface area contributed by atoms with Gasteiger partial charge >= 0.3 is 0 Å². The van der Waals surface area contributed by atoms with Crippen LogP contribution >= 0.6 is 0 Å². The number of aliphatic hydroxyl groups is 1. The molecule has 3 N–H and O–H groups in total. The summed E-state index contributed by atoms with van der Waals surface area (Å²) in [5, 5.41) is 12.7. The summed E-state index contributed by atoms with van der Waals surface area (Å²) in [4.78, 5) is 32.3. The minimum Gasteiger partial charge on any atom is -0.481 e. The van der Waals surface area contributed by atoms with Crippen LogP contribution in [-0.2, 0) is 0 Å². The number of aromatic nitrogens is 2. The first-order valence-electron chi connectivity index (χ1n) is 9.00. The molecule has 27 heavy (non-hydrogen) atoms. The third-order valence-electron chi connectivity index (χ3n) is 5.49. The van der Waals surface area contributed by atoms with Gasteiger partial charge in [0.05, 0.1) is 19.3 Å². The van der Waals surface area contributed by atoms with Gasteiger partial charge in [0, 0.05) is 18.0 Å². The first-order chi connectivity index (χ1) is 12.8. The molecule has 0 saturated heterocycles. The van der Waals surface area contributed by atoms with Gasteiger partial charge in [-0.2, -0.15) is 0 Å². The summed E-state index contributed by atoms with van der Waals surface area (Å²) in [6, 6.07) is 3.25. The number of rotatable bonds is 5. The summed E-state index contributed by atoms with van der Waals surface area (Å²) in [5.41, 5.74) is 2.87. The number of nitrogens with zero attached hydrogens (tertiary/aromatic N) is 1. The molecular weight excluding hydrogens is 346 g/mol.